The molecule has 0 radical (unpaired) electrons. The van der Waals surface area contributed by atoms with E-state index in [0.717, 1.165) is 0 Å². The van der Waals surface area contributed by atoms with Crippen molar-refractivity contribution in [3.63, 3.8) is 0 Å². The second kappa shape index (κ2) is 5.62. The van der Waals surface area contributed by atoms with Crippen LogP contribution in [-0.4, -0.2) is 8.42 Å². The lowest BCUT2D eigenvalue weighted by molar-refractivity contribution is 0.609. The SMILES string of the molecule is CC.O=S(=O)(Cl)c1ccccc1Br. The standard InChI is InChI=1S/C6H4BrClO2S.C2H6/c7-5-3-1-2-4-6(5)11(8,9)10;1-2/h1-4H;1-2H3. The molecule has 13 heavy (non-hydrogen) atoms. The van der Waals surface area contributed by atoms with Crippen LogP contribution >= 0.6 is 26.6 Å². The van der Waals surface area contributed by atoms with Crippen molar-refractivity contribution in [2.24, 2.45) is 0 Å². The predicted octanol–water partition coefficient (Wildman–Crippen LogP) is 3.40. The van der Waals surface area contributed by atoms with Crippen LogP contribution in [0.25, 0.3) is 0 Å². The molecular formula is C8H10BrClO2S. The minimum absolute atomic E-state index is 0.0988. The van der Waals surface area contributed by atoms with Crippen LogP contribution in [0.5, 0.6) is 0 Å². The molecule has 0 amide bonds. The summed E-state index contributed by atoms with van der Waals surface area (Å²) in [6.45, 7) is 4.00. The number of halogens is 2. The van der Waals surface area contributed by atoms with Crippen LogP contribution in [0.3, 0.4) is 0 Å². The molecule has 0 bridgehead atoms. The topological polar surface area (TPSA) is 34.1 Å². The van der Waals surface area contributed by atoms with E-state index >= 15 is 0 Å². The van der Waals surface area contributed by atoms with Gasteiger partial charge in [-0.1, -0.05) is 26.0 Å². The maximum atomic E-state index is 10.8. The summed E-state index contributed by atoms with van der Waals surface area (Å²) < 4.78 is 22.1. The van der Waals surface area contributed by atoms with E-state index in [1.54, 1.807) is 18.2 Å². The van der Waals surface area contributed by atoms with Crippen molar-refractivity contribution in [2.75, 3.05) is 0 Å². The van der Waals surface area contributed by atoms with Crippen molar-refractivity contribution >= 4 is 35.7 Å². The van der Waals surface area contributed by atoms with E-state index < -0.39 is 9.05 Å². The third-order valence-electron chi connectivity index (χ3n) is 1.10. The lowest BCUT2D eigenvalue weighted by Gasteiger charge is -1.96. The van der Waals surface area contributed by atoms with Crippen LogP contribution < -0.4 is 0 Å². The monoisotopic (exact) mass is 284 g/mol. The largest absolute Gasteiger partial charge is 0.262 e. The van der Waals surface area contributed by atoms with Gasteiger partial charge in [-0.15, -0.1) is 0 Å². The second-order valence-electron chi connectivity index (χ2n) is 1.87. The molecule has 0 N–H and O–H groups in total. The number of hydrogen-bond donors (Lipinski definition) is 0. The Balaban J connectivity index is 0.000000671. The molecule has 0 fully saturated rings. The molecule has 2 nitrogen and oxygen atoms in total. The van der Waals surface area contributed by atoms with E-state index in [0.29, 0.717) is 4.47 Å². The summed E-state index contributed by atoms with van der Waals surface area (Å²) in [5, 5.41) is 0. The van der Waals surface area contributed by atoms with Crippen LogP contribution in [0.1, 0.15) is 13.8 Å². The normalized spacial score (nSPS) is 10.2. The summed E-state index contributed by atoms with van der Waals surface area (Å²) in [5.41, 5.74) is 0. The maximum Gasteiger partial charge on any atom is 0.262 e. The van der Waals surface area contributed by atoms with Gasteiger partial charge in [-0.25, -0.2) is 8.42 Å². The quantitative estimate of drug-likeness (QED) is 0.741. The minimum atomic E-state index is -3.61. The van der Waals surface area contributed by atoms with Gasteiger partial charge < -0.3 is 0 Å². The van der Waals surface area contributed by atoms with E-state index in [9.17, 15) is 8.42 Å². The molecule has 0 spiro atoms. The number of rotatable bonds is 1. The molecule has 0 unspecified atom stereocenters. The fourth-order valence-corrected chi connectivity index (χ4v) is 2.79. The zero-order chi connectivity index (χ0) is 10.5. The van der Waals surface area contributed by atoms with Gasteiger partial charge in [0, 0.05) is 15.2 Å². The molecule has 0 saturated carbocycles. The Bertz CT molecular complexity index is 362. The second-order valence-corrected chi connectivity index (χ2v) is 5.26. The molecule has 0 heterocycles. The summed E-state index contributed by atoms with van der Waals surface area (Å²) >= 11 is 3.07. The fraction of sp³-hybridized carbons (Fsp3) is 0.250. The van der Waals surface area contributed by atoms with Crippen molar-refractivity contribution in [2.45, 2.75) is 18.7 Å². The number of benzene rings is 1. The van der Waals surface area contributed by atoms with Gasteiger partial charge in [0.1, 0.15) is 0 Å². The minimum Gasteiger partial charge on any atom is -0.207 e. The molecule has 0 atom stereocenters. The Labute approximate surface area is 91.5 Å². The van der Waals surface area contributed by atoms with E-state index in [2.05, 4.69) is 15.9 Å². The molecule has 1 aromatic carbocycles. The van der Waals surface area contributed by atoms with Gasteiger partial charge in [-0.3, -0.25) is 0 Å². The molecule has 1 rings (SSSR count). The van der Waals surface area contributed by atoms with E-state index in [-0.39, 0.29) is 4.90 Å². The fourth-order valence-electron chi connectivity index (χ4n) is 0.642. The van der Waals surface area contributed by atoms with Crippen LogP contribution in [0.15, 0.2) is 33.6 Å². The summed E-state index contributed by atoms with van der Waals surface area (Å²) in [7, 11) is 1.50. The average molecular weight is 286 g/mol. The molecule has 1 aromatic rings. The smallest absolute Gasteiger partial charge is 0.207 e. The number of hydrogen-bond acceptors (Lipinski definition) is 2. The summed E-state index contributed by atoms with van der Waals surface area (Å²) in [6.07, 6.45) is 0. The highest BCUT2D eigenvalue weighted by Gasteiger charge is 2.12. The molecule has 0 saturated heterocycles. The molecule has 0 aliphatic heterocycles. The van der Waals surface area contributed by atoms with Crippen molar-refractivity contribution < 1.29 is 8.42 Å². The van der Waals surface area contributed by atoms with Crippen molar-refractivity contribution in [3.8, 4) is 0 Å². The molecule has 0 aliphatic rings. The van der Waals surface area contributed by atoms with Gasteiger partial charge in [0.2, 0.25) is 0 Å². The third-order valence-corrected chi connectivity index (χ3v) is 3.43. The maximum absolute atomic E-state index is 10.8. The Morgan fingerprint density at radius 3 is 2.00 bits per heavy atom. The Morgan fingerprint density at radius 2 is 1.69 bits per heavy atom. The van der Waals surface area contributed by atoms with Gasteiger partial charge in [0.15, 0.2) is 0 Å². The van der Waals surface area contributed by atoms with E-state index in [1.165, 1.54) is 6.07 Å². The van der Waals surface area contributed by atoms with E-state index in [1.807, 2.05) is 13.8 Å². The highest BCUT2D eigenvalue weighted by molar-refractivity contribution is 9.10. The van der Waals surface area contributed by atoms with Gasteiger partial charge >= 0.3 is 0 Å². The van der Waals surface area contributed by atoms with Gasteiger partial charge in [-0.05, 0) is 28.1 Å². The third kappa shape index (κ3) is 4.11. The Hall–Kier alpha value is -0.0600. The zero-order valence-electron chi connectivity index (χ0n) is 7.29. The summed E-state index contributed by atoms with van der Waals surface area (Å²) in [5.74, 6) is 0. The Kier molecular flexibility index (Phi) is 5.60. The van der Waals surface area contributed by atoms with Crippen molar-refractivity contribution in [1.82, 2.24) is 0 Å². The molecule has 74 valence electrons. The molecule has 0 aromatic heterocycles. The van der Waals surface area contributed by atoms with Crippen LogP contribution in [0, 0.1) is 0 Å². The first-order valence-electron chi connectivity index (χ1n) is 3.71. The lowest BCUT2D eigenvalue weighted by Crippen LogP contribution is -1.90. The highest BCUT2D eigenvalue weighted by atomic mass is 79.9. The van der Waals surface area contributed by atoms with E-state index in [4.69, 9.17) is 10.7 Å². The van der Waals surface area contributed by atoms with Gasteiger partial charge in [0.05, 0.1) is 4.90 Å². The zero-order valence-corrected chi connectivity index (χ0v) is 10.4. The first-order valence-corrected chi connectivity index (χ1v) is 6.81. The van der Waals surface area contributed by atoms with Crippen LogP contribution in [0.2, 0.25) is 0 Å². The average Bonchev–Trinajstić information content (AvgIpc) is 2.07. The summed E-state index contributed by atoms with van der Waals surface area (Å²) in [6, 6.07) is 6.39. The van der Waals surface area contributed by atoms with Crippen molar-refractivity contribution in [3.05, 3.63) is 28.7 Å². The molecular weight excluding hydrogens is 276 g/mol. The summed E-state index contributed by atoms with van der Waals surface area (Å²) in [4.78, 5) is 0.0988. The first kappa shape index (κ1) is 12.9. The van der Waals surface area contributed by atoms with Gasteiger partial charge in [0.25, 0.3) is 9.05 Å². The first-order chi connectivity index (χ1) is 6.02. The highest BCUT2D eigenvalue weighted by Crippen LogP contribution is 2.23. The Morgan fingerprint density at radius 1 is 1.23 bits per heavy atom. The lowest BCUT2D eigenvalue weighted by atomic mass is 10.4. The van der Waals surface area contributed by atoms with Crippen molar-refractivity contribution in [1.29, 1.82) is 0 Å². The predicted molar refractivity (Wildman–Crippen MR) is 58.5 cm³/mol. The van der Waals surface area contributed by atoms with Gasteiger partial charge in [-0.2, -0.15) is 0 Å². The molecule has 5 heteroatoms. The van der Waals surface area contributed by atoms with Crippen LogP contribution in [-0.2, 0) is 9.05 Å². The van der Waals surface area contributed by atoms with Crippen LogP contribution in [0.4, 0.5) is 0 Å². The molecule has 0 aliphatic carbocycles.